The summed E-state index contributed by atoms with van der Waals surface area (Å²) < 4.78 is 11.3. The van der Waals surface area contributed by atoms with Gasteiger partial charge in [0.05, 0.1) is 11.1 Å². The minimum atomic E-state index is -0.524. The van der Waals surface area contributed by atoms with Crippen LogP contribution < -0.4 is 0 Å². The van der Waals surface area contributed by atoms with E-state index in [0.29, 0.717) is 17.5 Å². The molecule has 2 aromatic rings. The second-order valence-corrected chi connectivity index (χ2v) is 7.97. The number of carbonyl (C=O) groups is 2. The molecule has 0 aliphatic rings. The summed E-state index contributed by atoms with van der Waals surface area (Å²) in [6.07, 6.45) is -0.736. The normalized spacial score (nSPS) is 15.3. The molecule has 4 nitrogen and oxygen atoms in total. The zero-order valence-corrected chi connectivity index (χ0v) is 17.1. The molecular formula is C21H24O4S2. The third-order valence-electron chi connectivity index (χ3n) is 4.08. The van der Waals surface area contributed by atoms with E-state index in [9.17, 15) is 9.59 Å². The first kappa shape index (κ1) is 21.4. The number of hydrogen-bond acceptors (Lipinski definition) is 6. The van der Waals surface area contributed by atoms with Crippen LogP contribution in [0.5, 0.6) is 0 Å². The average molecular weight is 405 g/mol. The summed E-state index contributed by atoms with van der Waals surface area (Å²) in [4.78, 5) is 24.7. The van der Waals surface area contributed by atoms with Crippen molar-refractivity contribution in [3.63, 3.8) is 0 Å². The number of benzene rings is 2. The Morgan fingerprint density at radius 1 is 0.741 bits per heavy atom. The molecule has 0 radical (unpaired) electrons. The average Bonchev–Trinajstić information content (AvgIpc) is 2.67. The Kier molecular flexibility index (Phi) is 8.25. The zero-order valence-electron chi connectivity index (χ0n) is 15.3. The first-order chi connectivity index (χ1) is 12.9. The maximum atomic E-state index is 12.4. The van der Waals surface area contributed by atoms with Gasteiger partial charge in [-0.1, -0.05) is 36.4 Å². The standard InChI is InChI=1S/C21H24O4S2/c1-14(26)18(24-20(22)16-9-5-3-6-10-16)13-19(15(2)27)25-21(23)17-11-7-4-8-12-17/h3-12,14-15,18-19,26-27H,13H2,1-2H3. The monoisotopic (exact) mass is 404 g/mol. The summed E-state index contributed by atoms with van der Waals surface area (Å²) in [5, 5.41) is -0.467. The van der Waals surface area contributed by atoms with E-state index >= 15 is 0 Å². The van der Waals surface area contributed by atoms with Crippen molar-refractivity contribution >= 4 is 37.2 Å². The van der Waals surface area contributed by atoms with Crippen LogP contribution in [0.3, 0.4) is 0 Å². The van der Waals surface area contributed by atoms with Gasteiger partial charge in [0.15, 0.2) is 0 Å². The van der Waals surface area contributed by atoms with Crippen molar-refractivity contribution in [3.8, 4) is 0 Å². The van der Waals surface area contributed by atoms with Gasteiger partial charge in [-0.15, -0.1) is 0 Å². The molecule has 0 N–H and O–H groups in total. The number of carbonyl (C=O) groups excluding carboxylic acids is 2. The number of hydrogen-bond donors (Lipinski definition) is 2. The lowest BCUT2D eigenvalue weighted by molar-refractivity contribution is 0.000732. The smallest absolute Gasteiger partial charge is 0.338 e. The summed E-state index contributed by atoms with van der Waals surface area (Å²) in [7, 11) is 0. The second kappa shape index (κ2) is 10.4. The summed E-state index contributed by atoms with van der Waals surface area (Å²) in [6, 6.07) is 17.5. The van der Waals surface area contributed by atoms with Crippen LogP contribution in [0, 0.1) is 0 Å². The molecular weight excluding hydrogens is 380 g/mol. The third-order valence-corrected chi connectivity index (χ3v) is 4.74. The zero-order chi connectivity index (χ0) is 19.8. The quantitative estimate of drug-likeness (QED) is 0.504. The summed E-state index contributed by atoms with van der Waals surface area (Å²) in [5.74, 6) is -0.858. The Balaban J connectivity index is 2.06. The van der Waals surface area contributed by atoms with Crippen molar-refractivity contribution in [1.82, 2.24) is 0 Å². The predicted octanol–water partition coefficient (Wildman–Crippen LogP) is 4.46. The number of ether oxygens (including phenoxy) is 2. The first-order valence-electron chi connectivity index (χ1n) is 8.76. The highest BCUT2D eigenvalue weighted by Crippen LogP contribution is 2.21. The highest BCUT2D eigenvalue weighted by molar-refractivity contribution is 7.81. The van der Waals surface area contributed by atoms with Gasteiger partial charge < -0.3 is 9.47 Å². The van der Waals surface area contributed by atoms with Crippen molar-refractivity contribution in [2.45, 2.75) is 43.0 Å². The lowest BCUT2D eigenvalue weighted by Crippen LogP contribution is -2.36. The molecule has 0 amide bonds. The van der Waals surface area contributed by atoms with Crippen LogP contribution in [-0.2, 0) is 9.47 Å². The van der Waals surface area contributed by atoms with Crippen molar-refractivity contribution in [3.05, 3.63) is 71.8 Å². The van der Waals surface area contributed by atoms with E-state index in [2.05, 4.69) is 25.3 Å². The van der Waals surface area contributed by atoms with E-state index in [0.717, 1.165) is 0 Å². The molecule has 27 heavy (non-hydrogen) atoms. The topological polar surface area (TPSA) is 52.6 Å². The first-order valence-corrected chi connectivity index (χ1v) is 9.80. The Morgan fingerprint density at radius 3 is 1.37 bits per heavy atom. The molecule has 0 heterocycles. The Hall–Kier alpha value is -1.92. The van der Waals surface area contributed by atoms with E-state index in [1.807, 2.05) is 26.0 Å². The Bertz CT molecular complexity index is 669. The van der Waals surface area contributed by atoms with Gasteiger partial charge in [-0.2, -0.15) is 25.3 Å². The highest BCUT2D eigenvalue weighted by Gasteiger charge is 2.29. The molecule has 0 aliphatic heterocycles. The summed E-state index contributed by atoms with van der Waals surface area (Å²) >= 11 is 8.88. The van der Waals surface area contributed by atoms with Crippen LogP contribution in [0.15, 0.2) is 60.7 Å². The van der Waals surface area contributed by atoms with Gasteiger partial charge in [0.2, 0.25) is 0 Å². The molecule has 0 aromatic heterocycles. The van der Waals surface area contributed by atoms with Crippen LogP contribution in [0.1, 0.15) is 41.0 Å². The van der Waals surface area contributed by atoms with Crippen molar-refractivity contribution in [2.75, 3.05) is 0 Å². The van der Waals surface area contributed by atoms with Crippen molar-refractivity contribution < 1.29 is 19.1 Å². The number of esters is 2. The molecule has 6 heteroatoms. The van der Waals surface area contributed by atoms with E-state index in [1.165, 1.54) is 0 Å². The van der Waals surface area contributed by atoms with Crippen molar-refractivity contribution in [1.29, 1.82) is 0 Å². The van der Waals surface area contributed by atoms with E-state index in [-0.39, 0.29) is 10.5 Å². The van der Waals surface area contributed by atoms with Gasteiger partial charge in [0.1, 0.15) is 12.2 Å². The SMILES string of the molecule is CC(S)C(CC(OC(=O)c1ccccc1)C(C)S)OC(=O)c1ccccc1. The molecule has 144 valence electrons. The fraction of sp³-hybridized carbons (Fsp3) is 0.333. The van der Waals surface area contributed by atoms with Crippen LogP contribution >= 0.6 is 25.3 Å². The lowest BCUT2D eigenvalue weighted by atomic mass is 10.1. The fourth-order valence-corrected chi connectivity index (χ4v) is 2.84. The molecule has 0 spiro atoms. The van der Waals surface area contributed by atoms with Gasteiger partial charge in [-0.3, -0.25) is 0 Å². The molecule has 0 saturated heterocycles. The van der Waals surface area contributed by atoms with E-state index in [4.69, 9.17) is 9.47 Å². The van der Waals surface area contributed by atoms with Gasteiger partial charge in [0, 0.05) is 16.9 Å². The van der Waals surface area contributed by atoms with Crippen molar-refractivity contribution in [2.24, 2.45) is 0 Å². The minimum absolute atomic E-state index is 0.234. The molecule has 4 atom stereocenters. The molecule has 2 aromatic carbocycles. The number of thiol groups is 2. The van der Waals surface area contributed by atoms with Crippen LogP contribution in [0.4, 0.5) is 0 Å². The van der Waals surface area contributed by atoms with Gasteiger partial charge in [-0.25, -0.2) is 9.59 Å². The second-order valence-electron chi connectivity index (χ2n) is 6.34. The Labute approximate surface area is 171 Å². The maximum absolute atomic E-state index is 12.4. The largest absolute Gasteiger partial charge is 0.457 e. The van der Waals surface area contributed by atoms with Gasteiger partial charge in [0.25, 0.3) is 0 Å². The molecule has 0 bridgehead atoms. The lowest BCUT2D eigenvalue weighted by Gasteiger charge is -2.27. The third kappa shape index (κ3) is 6.63. The minimum Gasteiger partial charge on any atom is -0.457 e. The predicted molar refractivity (Wildman–Crippen MR) is 113 cm³/mol. The highest BCUT2D eigenvalue weighted by atomic mass is 32.1. The van der Waals surface area contributed by atoms with E-state index < -0.39 is 24.1 Å². The van der Waals surface area contributed by atoms with Crippen LogP contribution in [-0.4, -0.2) is 34.6 Å². The van der Waals surface area contributed by atoms with Crippen LogP contribution in [0.2, 0.25) is 0 Å². The number of rotatable bonds is 8. The van der Waals surface area contributed by atoms with Gasteiger partial charge in [-0.05, 0) is 38.1 Å². The Morgan fingerprint density at radius 2 is 1.07 bits per heavy atom. The van der Waals surface area contributed by atoms with Crippen LogP contribution in [0.25, 0.3) is 0 Å². The van der Waals surface area contributed by atoms with E-state index in [1.54, 1.807) is 48.5 Å². The molecule has 0 fully saturated rings. The molecule has 0 saturated carbocycles. The van der Waals surface area contributed by atoms with Gasteiger partial charge >= 0.3 is 11.9 Å². The maximum Gasteiger partial charge on any atom is 0.338 e. The molecule has 0 aliphatic carbocycles. The summed E-state index contributed by atoms with van der Waals surface area (Å²) in [6.45, 7) is 3.68. The summed E-state index contributed by atoms with van der Waals surface area (Å²) in [5.41, 5.74) is 0.932. The molecule has 2 rings (SSSR count). The fourth-order valence-electron chi connectivity index (χ4n) is 2.48. The molecule has 4 unspecified atom stereocenters.